The van der Waals surface area contributed by atoms with Crippen molar-refractivity contribution in [2.24, 2.45) is 5.92 Å². The fourth-order valence-electron chi connectivity index (χ4n) is 4.41. The van der Waals surface area contributed by atoms with Crippen LogP contribution in [0.15, 0.2) is 29.4 Å². The number of nitrogens with one attached hydrogen (secondary N) is 2. The average Bonchev–Trinajstić information content (AvgIpc) is 3.37. The van der Waals surface area contributed by atoms with E-state index in [1.807, 2.05) is 4.40 Å². The van der Waals surface area contributed by atoms with Crippen LogP contribution >= 0.6 is 23.1 Å². The maximum atomic E-state index is 12.6. The van der Waals surface area contributed by atoms with Crippen LogP contribution in [0.3, 0.4) is 0 Å². The normalized spacial score (nSPS) is 15.4. The van der Waals surface area contributed by atoms with E-state index in [0.29, 0.717) is 22.4 Å². The summed E-state index contributed by atoms with van der Waals surface area (Å²) in [5, 5.41) is 16.4. The number of thiophene rings is 1. The predicted octanol–water partition coefficient (Wildman–Crippen LogP) is 4.72. The first kappa shape index (κ1) is 22.8. The summed E-state index contributed by atoms with van der Waals surface area (Å²) in [5.74, 6) is 1.48. The molecular formula is C24H26N6O2S2. The smallest absolute Gasteiger partial charge is 0.234 e. The van der Waals surface area contributed by atoms with Crippen LogP contribution in [-0.2, 0) is 28.9 Å². The molecule has 10 heteroatoms. The number of thioether (sulfide) groups is 1. The Morgan fingerprint density at radius 2 is 2.03 bits per heavy atom. The van der Waals surface area contributed by atoms with Crippen molar-refractivity contribution >= 4 is 62.2 Å². The summed E-state index contributed by atoms with van der Waals surface area (Å²) in [6, 6.07) is 7.08. The molecule has 4 aromatic rings. The first-order chi connectivity index (χ1) is 16.4. The summed E-state index contributed by atoms with van der Waals surface area (Å²) in [6.45, 7) is 5.83. The van der Waals surface area contributed by atoms with Crippen molar-refractivity contribution in [3.05, 3.63) is 40.5 Å². The van der Waals surface area contributed by atoms with E-state index < -0.39 is 0 Å². The number of anilines is 2. The van der Waals surface area contributed by atoms with Gasteiger partial charge >= 0.3 is 0 Å². The zero-order valence-corrected chi connectivity index (χ0v) is 21.0. The van der Waals surface area contributed by atoms with E-state index in [1.54, 1.807) is 35.6 Å². The summed E-state index contributed by atoms with van der Waals surface area (Å²) in [7, 11) is 0. The Morgan fingerprint density at radius 1 is 1.24 bits per heavy atom. The minimum atomic E-state index is -0.159. The van der Waals surface area contributed by atoms with Gasteiger partial charge in [0.2, 0.25) is 11.8 Å². The quantitative estimate of drug-likeness (QED) is 0.376. The number of amides is 2. The van der Waals surface area contributed by atoms with Crippen LogP contribution in [0.4, 0.5) is 11.4 Å². The summed E-state index contributed by atoms with van der Waals surface area (Å²) in [5.41, 5.74) is 3.48. The number of aromatic nitrogens is 4. The highest BCUT2D eigenvalue weighted by Gasteiger charge is 2.25. The number of rotatable bonds is 6. The maximum Gasteiger partial charge on any atom is 0.234 e. The highest BCUT2D eigenvalue weighted by Crippen LogP contribution is 2.39. The summed E-state index contributed by atoms with van der Waals surface area (Å²) >= 11 is 3.14. The van der Waals surface area contributed by atoms with Gasteiger partial charge in [-0.25, -0.2) is 4.98 Å². The highest BCUT2D eigenvalue weighted by atomic mass is 32.2. The third-order valence-corrected chi connectivity index (χ3v) is 8.03. The van der Waals surface area contributed by atoms with Crippen LogP contribution in [-0.4, -0.2) is 37.1 Å². The Hall–Kier alpha value is -2.98. The molecule has 0 radical (unpaired) electrons. The van der Waals surface area contributed by atoms with Crippen molar-refractivity contribution in [1.29, 1.82) is 0 Å². The lowest BCUT2D eigenvalue weighted by molar-refractivity contribution is -0.114. The monoisotopic (exact) mass is 494 g/mol. The fourth-order valence-corrected chi connectivity index (χ4v) is 6.56. The van der Waals surface area contributed by atoms with Gasteiger partial charge in [0.05, 0.1) is 11.1 Å². The standard InChI is InChI=1S/C24H26N6O2S2/c1-4-19-27-23-21(17-9-8-13(2)10-18(17)34-23)22-28-29-24(30(19)22)33-12-20(32)26-16-7-5-6-15(11-16)25-14(3)31/h5-7,11,13H,4,8-10,12H2,1-3H3,(H,25,31)(H,26,32)/t13-/m1/s1. The first-order valence-corrected chi connectivity index (χ1v) is 13.2. The molecule has 0 spiro atoms. The van der Waals surface area contributed by atoms with Crippen LogP contribution in [0.2, 0.25) is 0 Å². The van der Waals surface area contributed by atoms with E-state index in [1.165, 1.54) is 35.5 Å². The maximum absolute atomic E-state index is 12.6. The van der Waals surface area contributed by atoms with Crippen LogP contribution in [0, 0.1) is 5.92 Å². The molecule has 5 rings (SSSR count). The molecular weight excluding hydrogens is 468 g/mol. The number of carbonyl (C=O) groups is 2. The van der Waals surface area contributed by atoms with Crippen LogP contribution in [0.1, 0.15) is 43.5 Å². The summed E-state index contributed by atoms with van der Waals surface area (Å²) < 4.78 is 2.02. The lowest BCUT2D eigenvalue weighted by Gasteiger charge is -2.17. The molecule has 0 fully saturated rings. The molecule has 2 N–H and O–H groups in total. The third-order valence-electron chi connectivity index (χ3n) is 5.95. The molecule has 8 nitrogen and oxygen atoms in total. The predicted molar refractivity (Wildman–Crippen MR) is 137 cm³/mol. The molecule has 2 amide bonds. The average molecular weight is 495 g/mol. The van der Waals surface area contributed by atoms with Gasteiger partial charge in [-0.05, 0) is 48.9 Å². The van der Waals surface area contributed by atoms with Crippen molar-refractivity contribution in [3.8, 4) is 0 Å². The van der Waals surface area contributed by atoms with Gasteiger partial charge in [0.25, 0.3) is 0 Å². The Labute approximate surface area is 205 Å². The van der Waals surface area contributed by atoms with Gasteiger partial charge in [0.15, 0.2) is 10.8 Å². The van der Waals surface area contributed by atoms with Crippen molar-refractivity contribution in [2.75, 3.05) is 16.4 Å². The summed E-state index contributed by atoms with van der Waals surface area (Å²) in [6.07, 6.45) is 4.08. The molecule has 1 aromatic carbocycles. The van der Waals surface area contributed by atoms with Crippen molar-refractivity contribution < 1.29 is 9.59 Å². The molecule has 0 saturated carbocycles. The van der Waals surface area contributed by atoms with E-state index in [9.17, 15) is 9.59 Å². The number of benzene rings is 1. The second kappa shape index (κ2) is 9.34. The summed E-state index contributed by atoms with van der Waals surface area (Å²) in [4.78, 5) is 31.3. The number of hydrogen-bond acceptors (Lipinski definition) is 7. The molecule has 1 atom stereocenters. The molecule has 1 aliphatic carbocycles. The van der Waals surface area contributed by atoms with Crippen molar-refractivity contribution in [1.82, 2.24) is 19.6 Å². The van der Waals surface area contributed by atoms with Gasteiger partial charge in [-0.2, -0.15) is 0 Å². The second-order valence-electron chi connectivity index (χ2n) is 8.65. The highest BCUT2D eigenvalue weighted by molar-refractivity contribution is 7.99. The lowest BCUT2D eigenvalue weighted by atomic mass is 9.89. The minimum Gasteiger partial charge on any atom is -0.326 e. The van der Waals surface area contributed by atoms with E-state index in [2.05, 4.69) is 34.7 Å². The number of carbonyl (C=O) groups excluding carboxylic acids is 2. The molecule has 0 unspecified atom stereocenters. The largest absolute Gasteiger partial charge is 0.326 e. The Balaban J connectivity index is 1.39. The van der Waals surface area contributed by atoms with Gasteiger partial charge in [-0.15, -0.1) is 21.5 Å². The zero-order valence-electron chi connectivity index (χ0n) is 19.3. The SMILES string of the molecule is CCc1nc2sc3c(c2c2nnc(SCC(=O)Nc4cccc(NC(C)=O)c4)n12)CC[C@@H](C)C3. The Kier molecular flexibility index (Phi) is 6.26. The van der Waals surface area contributed by atoms with Gasteiger partial charge in [0, 0.05) is 29.6 Å². The Bertz CT molecular complexity index is 1410. The molecule has 1 aliphatic rings. The number of aryl methyl sites for hydroxylation is 2. The molecule has 0 saturated heterocycles. The third kappa shape index (κ3) is 4.39. The zero-order chi connectivity index (χ0) is 23.8. The molecule has 3 aromatic heterocycles. The molecule has 0 bridgehead atoms. The molecule has 34 heavy (non-hydrogen) atoms. The van der Waals surface area contributed by atoms with E-state index in [-0.39, 0.29) is 17.6 Å². The van der Waals surface area contributed by atoms with Crippen LogP contribution in [0.5, 0.6) is 0 Å². The van der Waals surface area contributed by atoms with E-state index in [0.717, 1.165) is 41.0 Å². The fraction of sp³-hybridized carbons (Fsp3) is 0.375. The number of fused-ring (bicyclic) bond motifs is 5. The van der Waals surface area contributed by atoms with E-state index in [4.69, 9.17) is 4.98 Å². The van der Waals surface area contributed by atoms with E-state index >= 15 is 0 Å². The van der Waals surface area contributed by atoms with Crippen LogP contribution < -0.4 is 10.6 Å². The lowest BCUT2D eigenvalue weighted by Crippen LogP contribution is -2.15. The molecule has 3 heterocycles. The van der Waals surface area contributed by atoms with Gasteiger partial charge < -0.3 is 10.6 Å². The Morgan fingerprint density at radius 3 is 2.79 bits per heavy atom. The van der Waals surface area contributed by atoms with Crippen LogP contribution in [0.25, 0.3) is 15.9 Å². The van der Waals surface area contributed by atoms with Crippen molar-refractivity contribution in [3.63, 3.8) is 0 Å². The number of hydrogen-bond donors (Lipinski definition) is 2. The minimum absolute atomic E-state index is 0.157. The number of nitrogens with zero attached hydrogens (tertiary/aromatic N) is 4. The second-order valence-corrected chi connectivity index (χ2v) is 10.7. The molecule has 176 valence electrons. The molecule has 0 aliphatic heterocycles. The van der Waals surface area contributed by atoms with Gasteiger partial charge in [-0.3, -0.25) is 14.0 Å². The first-order valence-electron chi connectivity index (χ1n) is 11.4. The topological polar surface area (TPSA) is 101 Å². The van der Waals surface area contributed by atoms with Gasteiger partial charge in [0.1, 0.15) is 10.7 Å². The van der Waals surface area contributed by atoms with Gasteiger partial charge in [-0.1, -0.05) is 31.7 Å². The van der Waals surface area contributed by atoms with Crippen molar-refractivity contribution in [2.45, 2.75) is 51.6 Å².